The molecule has 0 aromatic heterocycles. The van der Waals surface area contributed by atoms with Gasteiger partial charge in [0.2, 0.25) is 21.8 Å². The van der Waals surface area contributed by atoms with Gasteiger partial charge in [-0.05, 0) is 75.9 Å². The summed E-state index contributed by atoms with van der Waals surface area (Å²) in [6.45, 7) is 9.59. The van der Waals surface area contributed by atoms with Crippen molar-refractivity contribution in [3.8, 4) is 0 Å². The first-order chi connectivity index (χ1) is 17.3. The van der Waals surface area contributed by atoms with Crippen LogP contribution >= 0.6 is 23.2 Å². The van der Waals surface area contributed by atoms with Gasteiger partial charge in [0.25, 0.3) is 0 Å². The fraction of sp³-hybridized carbons (Fsp3) is 0.481. The van der Waals surface area contributed by atoms with Crippen molar-refractivity contribution in [3.63, 3.8) is 0 Å². The van der Waals surface area contributed by atoms with E-state index in [1.54, 1.807) is 31.2 Å². The second-order valence-corrected chi connectivity index (χ2v) is 12.1. The SMILES string of the molecule is CC[C@H](C)NC(=O)[C@@H](C)N(Cc1c(Cl)cccc1Cl)C(=O)CCCN(c1ccc(C)c(C)c1)S(C)(=O)=O. The molecule has 2 aromatic carbocycles. The number of halogens is 2. The van der Waals surface area contributed by atoms with Gasteiger partial charge in [-0.3, -0.25) is 13.9 Å². The topological polar surface area (TPSA) is 86.8 Å². The number of sulfonamides is 1. The molecule has 37 heavy (non-hydrogen) atoms. The van der Waals surface area contributed by atoms with Crippen LogP contribution in [-0.4, -0.2) is 50.0 Å². The molecule has 2 rings (SSSR count). The Morgan fingerprint density at radius 1 is 1.03 bits per heavy atom. The van der Waals surface area contributed by atoms with E-state index in [9.17, 15) is 18.0 Å². The summed E-state index contributed by atoms with van der Waals surface area (Å²) in [6, 6.07) is 9.72. The van der Waals surface area contributed by atoms with Crippen LogP contribution in [0, 0.1) is 13.8 Å². The molecule has 7 nitrogen and oxygen atoms in total. The number of benzene rings is 2. The smallest absolute Gasteiger partial charge is 0.242 e. The zero-order chi connectivity index (χ0) is 27.9. The summed E-state index contributed by atoms with van der Waals surface area (Å²) in [5.41, 5.74) is 3.14. The Morgan fingerprint density at radius 2 is 1.65 bits per heavy atom. The van der Waals surface area contributed by atoms with Crippen LogP contribution in [0.5, 0.6) is 0 Å². The first-order valence-electron chi connectivity index (χ1n) is 12.3. The van der Waals surface area contributed by atoms with Crippen LogP contribution in [0.3, 0.4) is 0 Å². The maximum absolute atomic E-state index is 13.4. The maximum atomic E-state index is 13.4. The Kier molecular flexibility index (Phi) is 11.3. The second kappa shape index (κ2) is 13.5. The van der Waals surface area contributed by atoms with Gasteiger partial charge in [-0.1, -0.05) is 42.3 Å². The van der Waals surface area contributed by atoms with E-state index in [-0.39, 0.29) is 43.8 Å². The number of nitrogens with one attached hydrogen (secondary N) is 1. The molecule has 0 bridgehead atoms. The predicted molar refractivity (Wildman–Crippen MR) is 152 cm³/mol. The Labute approximate surface area is 231 Å². The normalized spacial score (nSPS) is 13.1. The highest BCUT2D eigenvalue weighted by atomic mass is 35.5. The predicted octanol–water partition coefficient (Wildman–Crippen LogP) is 5.49. The Morgan fingerprint density at radius 3 is 2.19 bits per heavy atom. The minimum Gasteiger partial charge on any atom is -0.352 e. The van der Waals surface area contributed by atoms with Crippen molar-refractivity contribution in [3.05, 3.63) is 63.1 Å². The average Bonchev–Trinajstić information content (AvgIpc) is 2.82. The summed E-state index contributed by atoms with van der Waals surface area (Å²) in [6.07, 6.45) is 2.21. The number of carbonyl (C=O) groups is 2. The number of nitrogens with zero attached hydrogens (tertiary/aromatic N) is 2. The van der Waals surface area contributed by atoms with Crippen LogP contribution in [0.4, 0.5) is 5.69 Å². The molecule has 0 spiro atoms. The number of rotatable bonds is 12. The number of aryl methyl sites for hydroxylation is 2. The van der Waals surface area contributed by atoms with Crippen molar-refractivity contribution in [1.29, 1.82) is 0 Å². The highest BCUT2D eigenvalue weighted by Crippen LogP contribution is 2.27. The van der Waals surface area contributed by atoms with E-state index in [2.05, 4.69) is 5.32 Å². The van der Waals surface area contributed by atoms with E-state index >= 15 is 0 Å². The zero-order valence-electron chi connectivity index (χ0n) is 22.3. The molecule has 0 heterocycles. The van der Waals surface area contributed by atoms with Crippen molar-refractivity contribution in [2.45, 2.75) is 72.5 Å². The fourth-order valence-corrected chi connectivity index (χ4v) is 5.26. The van der Waals surface area contributed by atoms with Crippen molar-refractivity contribution >= 4 is 50.7 Å². The average molecular weight is 571 g/mol. The van der Waals surface area contributed by atoms with E-state index in [1.807, 2.05) is 39.8 Å². The van der Waals surface area contributed by atoms with E-state index in [4.69, 9.17) is 23.2 Å². The first kappa shape index (κ1) is 30.9. The Hall–Kier alpha value is -2.29. The van der Waals surface area contributed by atoms with Crippen molar-refractivity contribution in [1.82, 2.24) is 10.2 Å². The van der Waals surface area contributed by atoms with Crippen molar-refractivity contribution in [2.75, 3.05) is 17.1 Å². The van der Waals surface area contributed by atoms with Gasteiger partial charge in [0.15, 0.2) is 0 Å². The first-order valence-corrected chi connectivity index (χ1v) is 14.9. The summed E-state index contributed by atoms with van der Waals surface area (Å²) in [7, 11) is -3.56. The molecule has 2 atom stereocenters. The number of amides is 2. The zero-order valence-corrected chi connectivity index (χ0v) is 24.7. The van der Waals surface area contributed by atoms with Gasteiger partial charge in [0.1, 0.15) is 6.04 Å². The van der Waals surface area contributed by atoms with Crippen LogP contribution in [0.2, 0.25) is 10.0 Å². The largest absolute Gasteiger partial charge is 0.352 e. The van der Waals surface area contributed by atoms with E-state index < -0.39 is 16.1 Å². The molecule has 0 saturated carbocycles. The van der Waals surface area contributed by atoms with Crippen LogP contribution in [0.15, 0.2) is 36.4 Å². The molecule has 0 fully saturated rings. The Balaban J connectivity index is 2.25. The molecular weight excluding hydrogens is 533 g/mol. The highest BCUT2D eigenvalue weighted by molar-refractivity contribution is 7.92. The molecular formula is C27H37Cl2N3O4S. The molecule has 0 aliphatic rings. The van der Waals surface area contributed by atoms with Crippen LogP contribution in [0.25, 0.3) is 0 Å². The molecule has 204 valence electrons. The van der Waals surface area contributed by atoms with Gasteiger partial charge >= 0.3 is 0 Å². The van der Waals surface area contributed by atoms with Gasteiger partial charge in [-0.2, -0.15) is 0 Å². The molecule has 10 heteroatoms. The van der Waals surface area contributed by atoms with E-state index in [1.165, 1.54) is 9.21 Å². The number of anilines is 1. The number of hydrogen-bond donors (Lipinski definition) is 1. The molecule has 0 radical (unpaired) electrons. The summed E-state index contributed by atoms with van der Waals surface area (Å²) in [4.78, 5) is 27.8. The lowest BCUT2D eigenvalue weighted by Crippen LogP contribution is -2.49. The maximum Gasteiger partial charge on any atom is 0.242 e. The van der Waals surface area contributed by atoms with Gasteiger partial charge < -0.3 is 10.2 Å². The second-order valence-electron chi connectivity index (χ2n) is 9.42. The van der Waals surface area contributed by atoms with Gasteiger partial charge in [0.05, 0.1) is 11.9 Å². The summed E-state index contributed by atoms with van der Waals surface area (Å²) < 4.78 is 26.4. The lowest BCUT2D eigenvalue weighted by atomic mass is 10.1. The molecule has 0 saturated heterocycles. The highest BCUT2D eigenvalue weighted by Gasteiger charge is 2.28. The lowest BCUT2D eigenvalue weighted by molar-refractivity contribution is -0.140. The van der Waals surface area contributed by atoms with Gasteiger partial charge in [-0.15, -0.1) is 0 Å². The number of carbonyl (C=O) groups excluding carboxylic acids is 2. The number of hydrogen-bond acceptors (Lipinski definition) is 4. The third kappa shape index (κ3) is 8.62. The van der Waals surface area contributed by atoms with Crippen molar-refractivity contribution < 1.29 is 18.0 Å². The molecule has 0 aliphatic carbocycles. The molecule has 2 amide bonds. The lowest BCUT2D eigenvalue weighted by Gasteiger charge is -2.30. The van der Waals surface area contributed by atoms with Crippen LogP contribution < -0.4 is 9.62 Å². The Bertz CT molecular complexity index is 1200. The molecule has 0 aliphatic heterocycles. The quantitative estimate of drug-likeness (QED) is 0.366. The summed E-state index contributed by atoms with van der Waals surface area (Å²) in [5, 5.41) is 3.72. The molecule has 1 N–H and O–H groups in total. The molecule has 2 aromatic rings. The van der Waals surface area contributed by atoms with E-state index in [0.717, 1.165) is 23.8 Å². The fourth-order valence-electron chi connectivity index (χ4n) is 3.79. The van der Waals surface area contributed by atoms with Gasteiger partial charge in [0, 0.05) is 41.2 Å². The summed E-state index contributed by atoms with van der Waals surface area (Å²) >= 11 is 12.7. The standard InChI is InChI=1S/C27H37Cl2N3O4S/c1-7-20(4)30-27(34)21(5)31(17-23-24(28)10-8-11-25(23)29)26(33)12-9-15-32(37(6,35)36)22-14-13-18(2)19(3)16-22/h8,10-11,13-14,16,20-21H,7,9,12,15,17H2,1-6H3,(H,30,34)/t20-,21+/m0/s1. The van der Waals surface area contributed by atoms with Crippen molar-refractivity contribution in [2.24, 2.45) is 0 Å². The van der Waals surface area contributed by atoms with Crippen LogP contribution in [0.1, 0.15) is 56.7 Å². The minimum absolute atomic E-state index is 0.0416. The monoisotopic (exact) mass is 569 g/mol. The van der Waals surface area contributed by atoms with Crippen LogP contribution in [-0.2, 0) is 26.2 Å². The third-order valence-electron chi connectivity index (χ3n) is 6.49. The van der Waals surface area contributed by atoms with E-state index in [0.29, 0.717) is 21.3 Å². The minimum atomic E-state index is -3.56. The van der Waals surface area contributed by atoms with Gasteiger partial charge in [-0.25, -0.2) is 8.42 Å². The third-order valence-corrected chi connectivity index (χ3v) is 8.39. The molecule has 0 unspecified atom stereocenters. The summed E-state index contributed by atoms with van der Waals surface area (Å²) in [5.74, 6) is -0.574.